The summed E-state index contributed by atoms with van der Waals surface area (Å²) in [5.41, 5.74) is 1.85. The summed E-state index contributed by atoms with van der Waals surface area (Å²) in [6, 6.07) is 3.81. The summed E-state index contributed by atoms with van der Waals surface area (Å²) in [5.74, 6) is -0.720. The van der Waals surface area contributed by atoms with E-state index in [2.05, 4.69) is 10.5 Å². The summed E-state index contributed by atoms with van der Waals surface area (Å²) in [7, 11) is -3.96. The molecule has 6 nitrogen and oxygen atoms in total. The van der Waals surface area contributed by atoms with Gasteiger partial charge in [-0.05, 0) is 43.9 Å². The molecule has 0 bridgehead atoms. The Labute approximate surface area is 143 Å². The number of benzene rings is 1. The highest BCUT2D eigenvalue weighted by molar-refractivity contribution is 7.92. The first-order valence-corrected chi connectivity index (χ1v) is 9.41. The predicted molar refractivity (Wildman–Crippen MR) is 87.7 cm³/mol. The molecule has 1 aliphatic rings. The van der Waals surface area contributed by atoms with Gasteiger partial charge in [-0.1, -0.05) is 6.07 Å². The molecule has 0 saturated heterocycles. The second kappa shape index (κ2) is 7.42. The largest absolute Gasteiger partial charge is 0.416 e. The smallest absolute Gasteiger partial charge is 0.271 e. The van der Waals surface area contributed by atoms with Crippen LogP contribution in [0.4, 0.5) is 18.9 Å². The van der Waals surface area contributed by atoms with Crippen LogP contribution in [0.25, 0.3) is 0 Å². The summed E-state index contributed by atoms with van der Waals surface area (Å²) in [6.45, 7) is -0.656. The number of amides is 1. The van der Waals surface area contributed by atoms with Gasteiger partial charge in [-0.2, -0.15) is 18.3 Å². The zero-order valence-electron chi connectivity index (χ0n) is 13.5. The van der Waals surface area contributed by atoms with E-state index in [4.69, 9.17) is 0 Å². The maximum absolute atomic E-state index is 12.8. The van der Waals surface area contributed by atoms with Crippen molar-refractivity contribution >= 4 is 27.3 Å². The monoisotopic (exact) mass is 377 g/mol. The summed E-state index contributed by atoms with van der Waals surface area (Å²) in [6.07, 6.45) is -0.296. The molecule has 0 spiro atoms. The van der Waals surface area contributed by atoms with Crippen LogP contribution in [0.2, 0.25) is 0 Å². The molecule has 1 amide bonds. The Morgan fingerprint density at radius 3 is 2.48 bits per heavy atom. The molecular formula is C15H18F3N3O3S. The fraction of sp³-hybridized carbons (Fsp3) is 0.467. The Kier molecular flexibility index (Phi) is 5.71. The summed E-state index contributed by atoms with van der Waals surface area (Å²) >= 11 is 0. The van der Waals surface area contributed by atoms with E-state index in [0.29, 0.717) is 10.4 Å². The van der Waals surface area contributed by atoms with E-state index in [0.717, 1.165) is 49.8 Å². The molecule has 0 radical (unpaired) electrons. The molecule has 0 heterocycles. The van der Waals surface area contributed by atoms with Crippen LogP contribution >= 0.6 is 0 Å². The highest BCUT2D eigenvalue weighted by Crippen LogP contribution is 2.32. The molecule has 138 valence electrons. The number of alkyl halides is 3. The molecule has 1 fully saturated rings. The van der Waals surface area contributed by atoms with Crippen molar-refractivity contribution in [1.82, 2.24) is 5.43 Å². The minimum atomic E-state index is -4.62. The number of sulfonamides is 1. The molecule has 0 aliphatic heterocycles. The fourth-order valence-electron chi connectivity index (χ4n) is 2.44. The van der Waals surface area contributed by atoms with Crippen LogP contribution in [0.5, 0.6) is 0 Å². The highest BCUT2D eigenvalue weighted by Gasteiger charge is 2.32. The van der Waals surface area contributed by atoms with Crippen molar-refractivity contribution in [3.05, 3.63) is 29.8 Å². The average Bonchev–Trinajstić information content (AvgIpc) is 3.02. The molecule has 0 atom stereocenters. The maximum atomic E-state index is 12.8. The third-order valence-electron chi connectivity index (χ3n) is 3.67. The average molecular weight is 377 g/mol. The van der Waals surface area contributed by atoms with E-state index in [1.807, 2.05) is 0 Å². The zero-order valence-corrected chi connectivity index (χ0v) is 14.3. The van der Waals surface area contributed by atoms with Crippen LogP contribution in [0, 0.1) is 0 Å². The molecular weight excluding hydrogens is 359 g/mol. The number of nitrogens with one attached hydrogen (secondary N) is 1. The van der Waals surface area contributed by atoms with E-state index in [1.54, 1.807) is 0 Å². The van der Waals surface area contributed by atoms with Gasteiger partial charge >= 0.3 is 6.18 Å². The molecule has 25 heavy (non-hydrogen) atoms. The summed E-state index contributed by atoms with van der Waals surface area (Å²) < 4.78 is 62.9. The number of hydrazone groups is 1. The molecule has 1 aromatic carbocycles. The first-order chi connectivity index (χ1) is 11.6. The molecule has 1 aromatic rings. The number of carbonyl (C=O) groups is 1. The predicted octanol–water partition coefficient (Wildman–Crippen LogP) is 2.52. The molecule has 1 aliphatic carbocycles. The van der Waals surface area contributed by atoms with E-state index in [9.17, 15) is 26.4 Å². The van der Waals surface area contributed by atoms with Gasteiger partial charge in [0.15, 0.2) is 0 Å². The Balaban J connectivity index is 2.20. The van der Waals surface area contributed by atoms with Crippen molar-refractivity contribution in [3.63, 3.8) is 0 Å². The first kappa shape index (κ1) is 19.2. The Hall–Kier alpha value is -2.10. The number of anilines is 1. The lowest BCUT2D eigenvalue weighted by molar-refractivity contribution is -0.137. The Morgan fingerprint density at radius 2 is 1.92 bits per heavy atom. The van der Waals surface area contributed by atoms with Gasteiger partial charge in [0, 0.05) is 5.71 Å². The standard InChI is InChI=1S/C15H18F3N3O3S/c1-25(23,24)21(10-14(22)20-19-12-6-2-3-7-12)13-8-4-5-11(9-13)15(16,17)18/h4-5,8-9H,2-3,6-7,10H2,1H3,(H,20,22). The van der Waals surface area contributed by atoms with Crippen molar-refractivity contribution in [3.8, 4) is 0 Å². The van der Waals surface area contributed by atoms with Gasteiger partial charge < -0.3 is 0 Å². The summed E-state index contributed by atoms with van der Waals surface area (Å²) in [4.78, 5) is 12.0. The van der Waals surface area contributed by atoms with E-state index < -0.39 is 34.2 Å². The van der Waals surface area contributed by atoms with Crippen LogP contribution in [0.15, 0.2) is 29.4 Å². The quantitative estimate of drug-likeness (QED) is 0.801. The third-order valence-corrected chi connectivity index (χ3v) is 4.81. The lowest BCUT2D eigenvalue weighted by Gasteiger charge is -2.22. The van der Waals surface area contributed by atoms with Crippen LogP contribution in [0.3, 0.4) is 0 Å². The molecule has 0 aromatic heterocycles. The van der Waals surface area contributed by atoms with Crippen molar-refractivity contribution < 1.29 is 26.4 Å². The van der Waals surface area contributed by atoms with E-state index in [1.165, 1.54) is 6.07 Å². The Bertz CT molecular complexity index is 768. The SMILES string of the molecule is CS(=O)(=O)N(CC(=O)NN=C1CCCC1)c1cccc(C(F)(F)F)c1. The van der Waals surface area contributed by atoms with Crippen LogP contribution in [-0.4, -0.2) is 32.8 Å². The van der Waals surface area contributed by atoms with Gasteiger partial charge in [0.2, 0.25) is 10.0 Å². The van der Waals surface area contributed by atoms with Gasteiger partial charge in [-0.3, -0.25) is 9.10 Å². The van der Waals surface area contributed by atoms with Gasteiger partial charge in [0.05, 0.1) is 17.5 Å². The maximum Gasteiger partial charge on any atom is 0.416 e. The zero-order chi connectivity index (χ0) is 18.7. The van der Waals surface area contributed by atoms with Crippen molar-refractivity contribution in [2.24, 2.45) is 5.10 Å². The van der Waals surface area contributed by atoms with Crippen molar-refractivity contribution in [1.29, 1.82) is 0 Å². The number of hydrogen-bond donors (Lipinski definition) is 1. The van der Waals surface area contributed by atoms with Crippen LogP contribution in [0.1, 0.15) is 31.2 Å². The topological polar surface area (TPSA) is 78.8 Å². The molecule has 1 N–H and O–H groups in total. The highest BCUT2D eigenvalue weighted by atomic mass is 32.2. The number of rotatable bonds is 5. The van der Waals surface area contributed by atoms with Gasteiger partial charge in [0.1, 0.15) is 6.54 Å². The van der Waals surface area contributed by atoms with E-state index >= 15 is 0 Å². The van der Waals surface area contributed by atoms with E-state index in [-0.39, 0.29) is 5.69 Å². The number of carbonyl (C=O) groups excluding carboxylic acids is 1. The van der Waals surface area contributed by atoms with Gasteiger partial charge in [0.25, 0.3) is 5.91 Å². The lowest BCUT2D eigenvalue weighted by Crippen LogP contribution is -2.39. The summed E-state index contributed by atoms with van der Waals surface area (Å²) in [5, 5.41) is 3.92. The lowest BCUT2D eigenvalue weighted by atomic mass is 10.2. The minimum absolute atomic E-state index is 0.235. The molecule has 1 saturated carbocycles. The Morgan fingerprint density at radius 1 is 1.28 bits per heavy atom. The van der Waals surface area contributed by atoms with Crippen molar-refractivity contribution in [2.75, 3.05) is 17.1 Å². The molecule has 0 unspecified atom stereocenters. The second-order valence-electron chi connectivity index (χ2n) is 5.74. The second-order valence-corrected chi connectivity index (χ2v) is 7.64. The first-order valence-electron chi connectivity index (χ1n) is 7.56. The fourth-order valence-corrected chi connectivity index (χ4v) is 3.29. The van der Waals surface area contributed by atoms with Crippen LogP contribution < -0.4 is 9.73 Å². The number of nitrogens with zero attached hydrogens (tertiary/aromatic N) is 2. The number of hydrogen-bond acceptors (Lipinski definition) is 4. The number of halogens is 3. The van der Waals surface area contributed by atoms with Crippen molar-refractivity contribution in [2.45, 2.75) is 31.9 Å². The minimum Gasteiger partial charge on any atom is -0.271 e. The van der Waals surface area contributed by atoms with Gasteiger partial charge in [-0.25, -0.2) is 13.8 Å². The molecule has 2 rings (SSSR count). The molecule has 10 heteroatoms. The third kappa shape index (κ3) is 5.45. The normalized spacial score (nSPS) is 15.1. The van der Waals surface area contributed by atoms with Crippen LogP contribution in [-0.2, 0) is 21.0 Å². The van der Waals surface area contributed by atoms with Gasteiger partial charge in [-0.15, -0.1) is 0 Å².